The van der Waals surface area contributed by atoms with Gasteiger partial charge in [0.15, 0.2) is 0 Å². The molecule has 0 aliphatic heterocycles. The van der Waals surface area contributed by atoms with Crippen molar-refractivity contribution in [2.24, 2.45) is 5.73 Å². The van der Waals surface area contributed by atoms with Crippen LogP contribution in [0.15, 0.2) is 12.1 Å². The van der Waals surface area contributed by atoms with Gasteiger partial charge < -0.3 is 10.8 Å². The molecule has 0 amide bonds. The van der Waals surface area contributed by atoms with Crippen LogP contribution < -0.4 is 5.73 Å². The van der Waals surface area contributed by atoms with E-state index in [0.717, 1.165) is 11.3 Å². The quantitative estimate of drug-likeness (QED) is 0.832. The number of carbonyl (C=O) groups is 1. The van der Waals surface area contributed by atoms with Crippen molar-refractivity contribution in [2.75, 3.05) is 0 Å². The van der Waals surface area contributed by atoms with Crippen LogP contribution in [-0.4, -0.2) is 17.1 Å². The van der Waals surface area contributed by atoms with E-state index in [9.17, 15) is 4.79 Å². The number of hydrogen-bond donors (Lipinski definition) is 2. The minimum atomic E-state index is -0.800. The summed E-state index contributed by atoms with van der Waals surface area (Å²) in [6.45, 7) is 5.89. The third kappa shape index (κ3) is 2.62. The van der Waals surface area contributed by atoms with E-state index in [-0.39, 0.29) is 12.5 Å². The summed E-state index contributed by atoms with van der Waals surface area (Å²) in [6.07, 6.45) is 1.06. The summed E-state index contributed by atoms with van der Waals surface area (Å²) in [7, 11) is 0. The zero-order valence-corrected chi connectivity index (χ0v) is 10.8. The van der Waals surface area contributed by atoms with Gasteiger partial charge in [-0.15, -0.1) is 11.3 Å². The smallest absolute Gasteiger partial charge is 0.304 e. The average Bonchev–Trinajstić information content (AvgIpc) is 2.64. The zero-order valence-electron chi connectivity index (χ0n) is 9.99. The molecule has 0 spiro atoms. The summed E-state index contributed by atoms with van der Waals surface area (Å²) >= 11 is 1.67. The highest BCUT2D eigenvalue weighted by molar-refractivity contribution is 7.12. The van der Waals surface area contributed by atoms with E-state index in [4.69, 9.17) is 10.8 Å². The molecule has 2 unspecified atom stereocenters. The van der Waals surface area contributed by atoms with Crippen molar-refractivity contribution in [3.05, 3.63) is 21.9 Å². The molecule has 1 aromatic rings. The van der Waals surface area contributed by atoms with Gasteiger partial charge in [0.2, 0.25) is 0 Å². The topological polar surface area (TPSA) is 63.3 Å². The Bertz CT molecular complexity index is 373. The Kier molecular flexibility index (Phi) is 4.10. The predicted molar refractivity (Wildman–Crippen MR) is 67.0 cm³/mol. The second kappa shape index (κ2) is 4.97. The fraction of sp³-hybridized carbons (Fsp3) is 0.583. The Hall–Kier alpha value is -0.870. The van der Waals surface area contributed by atoms with Crippen LogP contribution in [0.1, 0.15) is 36.9 Å². The number of thiophene rings is 1. The van der Waals surface area contributed by atoms with E-state index < -0.39 is 11.4 Å². The van der Waals surface area contributed by atoms with Crippen molar-refractivity contribution < 1.29 is 9.90 Å². The van der Waals surface area contributed by atoms with Gasteiger partial charge >= 0.3 is 5.97 Å². The summed E-state index contributed by atoms with van der Waals surface area (Å²) in [5, 5.41) is 8.97. The lowest BCUT2D eigenvalue weighted by molar-refractivity contribution is -0.138. The molecule has 4 heteroatoms. The van der Waals surface area contributed by atoms with Crippen LogP contribution in [0.4, 0.5) is 0 Å². The second-order valence-electron chi connectivity index (χ2n) is 4.40. The molecule has 16 heavy (non-hydrogen) atoms. The first-order valence-corrected chi connectivity index (χ1v) is 6.28. The average molecular weight is 241 g/mol. The van der Waals surface area contributed by atoms with Crippen LogP contribution in [0, 0.1) is 0 Å². The van der Waals surface area contributed by atoms with E-state index in [1.54, 1.807) is 11.3 Å². The second-order valence-corrected chi connectivity index (χ2v) is 5.56. The molecule has 1 aromatic heterocycles. The number of nitrogens with two attached hydrogens (primary N) is 1. The molecular weight excluding hydrogens is 222 g/mol. The van der Waals surface area contributed by atoms with Crippen LogP contribution >= 0.6 is 11.3 Å². The van der Waals surface area contributed by atoms with Crippen molar-refractivity contribution in [1.82, 2.24) is 0 Å². The molecule has 0 saturated heterocycles. The molecule has 0 saturated carbocycles. The summed E-state index contributed by atoms with van der Waals surface area (Å²) in [4.78, 5) is 13.3. The van der Waals surface area contributed by atoms with Gasteiger partial charge in [-0.05, 0) is 25.5 Å². The van der Waals surface area contributed by atoms with Crippen LogP contribution in [0.5, 0.6) is 0 Å². The number of aryl methyl sites for hydroxylation is 1. The summed E-state index contributed by atoms with van der Waals surface area (Å²) in [5.41, 5.74) is 5.48. The largest absolute Gasteiger partial charge is 0.481 e. The van der Waals surface area contributed by atoms with Crippen LogP contribution in [0.2, 0.25) is 0 Å². The monoisotopic (exact) mass is 241 g/mol. The van der Waals surface area contributed by atoms with E-state index in [2.05, 4.69) is 13.0 Å². The van der Waals surface area contributed by atoms with Crippen LogP contribution in [0.25, 0.3) is 0 Å². The Morgan fingerprint density at radius 1 is 1.62 bits per heavy atom. The first kappa shape index (κ1) is 13.2. The molecule has 0 aliphatic rings. The maximum Gasteiger partial charge on any atom is 0.304 e. The Morgan fingerprint density at radius 3 is 2.62 bits per heavy atom. The highest BCUT2D eigenvalue weighted by Crippen LogP contribution is 2.35. The number of aliphatic carboxylic acids is 1. The van der Waals surface area contributed by atoms with Gasteiger partial charge in [0.25, 0.3) is 0 Å². The fourth-order valence-electron chi connectivity index (χ4n) is 1.66. The summed E-state index contributed by atoms with van der Waals surface area (Å²) in [5.74, 6) is -0.800. The fourth-order valence-corrected chi connectivity index (χ4v) is 2.85. The van der Waals surface area contributed by atoms with Crippen molar-refractivity contribution in [3.63, 3.8) is 0 Å². The van der Waals surface area contributed by atoms with Gasteiger partial charge in [-0.1, -0.05) is 13.8 Å². The van der Waals surface area contributed by atoms with Gasteiger partial charge in [0.1, 0.15) is 0 Å². The SMILES string of the molecule is CCc1ccc(C(C)(CC(=O)O)C(C)N)s1. The normalized spacial score (nSPS) is 16.8. The van der Waals surface area contributed by atoms with Crippen molar-refractivity contribution in [2.45, 2.75) is 45.1 Å². The number of carboxylic acid groups (broad SMARTS) is 1. The van der Waals surface area contributed by atoms with E-state index in [1.165, 1.54) is 4.88 Å². The molecular formula is C12H19NO2S. The zero-order chi connectivity index (χ0) is 12.3. The Morgan fingerprint density at radius 2 is 2.25 bits per heavy atom. The Labute approximate surface area is 100 Å². The molecule has 1 rings (SSSR count). The summed E-state index contributed by atoms with van der Waals surface area (Å²) < 4.78 is 0. The third-order valence-corrected chi connectivity index (χ3v) is 4.61. The molecule has 0 fully saturated rings. The van der Waals surface area contributed by atoms with E-state index in [0.29, 0.717) is 0 Å². The minimum Gasteiger partial charge on any atom is -0.481 e. The van der Waals surface area contributed by atoms with E-state index in [1.807, 2.05) is 19.9 Å². The third-order valence-electron chi connectivity index (χ3n) is 3.10. The number of rotatable bonds is 5. The highest BCUT2D eigenvalue weighted by atomic mass is 32.1. The first-order valence-electron chi connectivity index (χ1n) is 5.46. The molecule has 3 N–H and O–H groups in total. The lowest BCUT2D eigenvalue weighted by atomic mass is 9.79. The van der Waals surface area contributed by atoms with Gasteiger partial charge in [-0.2, -0.15) is 0 Å². The van der Waals surface area contributed by atoms with Crippen LogP contribution in [-0.2, 0) is 16.6 Å². The lowest BCUT2D eigenvalue weighted by Crippen LogP contribution is -2.42. The first-order chi connectivity index (χ1) is 7.40. The molecule has 2 atom stereocenters. The van der Waals surface area contributed by atoms with Crippen LogP contribution in [0.3, 0.4) is 0 Å². The van der Waals surface area contributed by atoms with Gasteiger partial charge in [-0.3, -0.25) is 4.79 Å². The van der Waals surface area contributed by atoms with Gasteiger partial charge in [0, 0.05) is 21.2 Å². The standard InChI is InChI=1S/C12H19NO2S/c1-4-9-5-6-10(16-9)12(3,8(2)13)7-11(14)15/h5-6,8H,4,7,13H2,1-3H3,(H,14,15). The van der Waals surface area contributed by atoms with Crippen molar-refractivity contribution >= 4 is 17.3 Å². The minimum absolute atomic E-state index is 0.0777. The molecule has 1 heterocycles. The van der Waals surface area contributed by atoms with Crippen molar-refractivity contribution in [1.29, 1.82) is 0 Å². The molecule has 0 radical (unpaired) electrons. The predicted octanol–water partition coefficient (Wildman–Crippen LogP) is 2.39. The molecule has 3 nitrogen and oxygen atoms in total. The number of hydrogen-bond acceptors (Lipinski definition) is 3. The molecule has 0 aliphatic carbocycles. The highest BCUT2D eigenvalue weighted by Gasteiger charge is 2.34. The molecule has 0 aromatic carbocycles. The lowest BCUT2D eigenvalue weighted by Gasteiger charge is -2.31. The Balaban J connectivity index is 3.05. The number of carboxylic acids is 1. The molecule has 0 bridgehead atoms. The van der Waals surface area contributed by atoms with Crippen molar-refractivity contribution in [3.8, 4) is 0 Å². The maximum atomic E-state index is 10.9. The van der Waals surface area contributed by atoms with Gasteiger partial charge in [0.05, 0.1) is 6.42 Å². The van der Waals surface area contributed by atoms with Gasteiger partial charge in [-0.25, -0.2) is 0 Å². The van der Waals surface area contributed by atoms with E-state index >= 15 is 0 Å². The maximum absolute atomic E-state index is 10.9. The molecule has 90 valence electrons. The summed E-state index contributed by atoms with van der Waals surface area (Å²) in [6, 6.07) is 3.89.